The van der Waals surface area contributed by atoms with Crippen molar-refractivity contribution in [3.63, 3.8) is 0 Å². The second-order valence-corrected chi connectivity index (χ2v) is 6.85. The molecule has 0 N–H and O–H groups in total. The number of hydrogen-bond acceptors (Lipinski definition) is 3. The molecule has 2 heterocycles. The van der Waals surface area contributed by atoms with Crippen molar-refractivity contribution in [3.05, 3.63) is 52.1 Å². The van der Waals surface area contributed by atoms with Crippen molar-refractivity contribution >= 4 is 17.5 Å². The van der Waals surface area contributed by atoms with Gasteiger partial charge in [-0.3, -0.25) is 9.69 Å². The van der Waals surface area contributed by atoms with Crippen LogP contribution < -0.4 is 0 Å². The van der Waals surface area contributed by atoms with Gasteiger partial charge in [0.25, 0.3) is 5.91 Å². The second kappa shape index (κ2) is 6.95. The van der Waals surface area contributed by atoms with Crippen LogP contribution in [-0.2, 0) is 13.6 Å². The summed E-state index contributed by atoms with van der Waals surface area (Å²) in [6.45, 7) is 7.95. The fraction of sp³-hybridized carbons (Fsp3) is 0.444. The molecule has 0 radical (unpaired) electrons. The summed E-state index contributed by atoms with van der Waals surface area (Å²) in [6.07, 6.45) is 3.77. The van der Waals surface area contributed by atoms with E-state index in [4.69, 9.17) is 11.6 Å². The molecule has 128 valence electrons. The summed E-state index contributed by atoms with van der Waals surface area (Å²) in [6, 6.07) is 3.78. The maximum absolute atomic E-state index is 12.8. The smallest absolute Gasteiger partial charge is 0.255 e. The van der Waals surface area contributed by atoms with E-state index in [1.54, 1.807) is 0 Å². The number of nitrogens with zero attached hydrogens (tertiary/aromatic N) is 4. The maximum Gasteiger partial charge on any atom is 0.255 e. The van der Waals surface area contributed by atoms with Gasteiger partial charge in [-0.2, -0.15) is 0 Å². The molecular weight excluding hydrogens is 324 g/mol. The van der Waals surface area contributed by atoms with Gasteiger partial charge in [0.1, 0.15) is 5.82 Å². The predicted molar refractivity (Wildman–Crippen MR) is 95.3 cm³/mol. The number of amides is 1. The molecule has 0 aliphatic carbocycles. The summed E-state index contributed by atoms with van der Waals surface area (Å²) >= 11 is 6.29. The summed E-state index contributed by atoms with van der Waals surface area (Å²) in [5.41, 5.74) is 2.81. The minimum Gasteiger partial charge on any atom is -0.337 e. The van der Waals surface area contributed by atoms with Gasteiger partial charge in [-0.05, 0) is 37.1 Å². The number of aromatic nitrogens is 2. The molecule has 0 unspecified atom stereocenters. The Morgan fingerprint density at radius 2 is 1.83 bits per heavy atom. The van der Waals surface area contributed by atoms with Crippen molar-refractivity contribution in [2.75, 3.05) is 26.2 Å². The number of piperazine rings is 1. The molecule has 24 heavy (non-hydrogen) atoms. The Labute approximate surface area is 147 Å². The highest BCUT2D eigenvalue weighted by Crippen LogP contribution is 2.23. The van der Waals surface area contributed by atoms with E-state index in [1.165, 1.54) is 0 Å². The average Bonchev–Trinajstić information content (AvgIpc) is 2.96. The molecule has 1 saturated heterocycles. The summed E-state index contributed by atoms with van der Waals surface area (Å²) < 4.78 is 2.03. The van der Waals surface area contributed by atoms with Gasteiger partial charge in [-0.25, -0.2) is 4.98 Å². The molecule has 6 heteroatoms. The molecule has 0 bridgehead atoms. The van der Waals surface area contributed by atoms with Gasteiger partial charge < -0.3 is 9.47 Å². The van der Waals surface area contributed by atoms with Crippen LogP contribution in [0.25, 0.3) is 0 Å². The third kappa shape index (κ3) is 3.47. The van der Waals surface area contributed by atoms with E-state index in [-0.39, 0.29) is 5.91 Å². The number of halogens is 1. The van der Waals surface area contributed by atoms with Crippen molar-refractivity contribution in [1.82, 2.24) is 19.4 Å². The lowest BCUT2D eigenvalue weighted by atomic mass is 10.0. The number of aryl methyl sites for hydroxylation is 3. The lowest BCUT2D eigenvalue weighted by Crippen LogP contribution is -2.48. The average molecular weight is 347 g/mol. The summed E-state index contributed by atoms with van der Waals surface area (Å²) in [5.74, 6) is 1.08. The molecule has 2 aromatic rings. The summed E-state index contributed by atoms with van der Waals surface area (Å²) in [5, 5.41) is 0.540. The van der Waals surface area contributed by atoms with Crippen molar-refractivity contribution in [3.8, 4) is 0 Å². The lowest BCUT2D eigenvalue weighted by molar-refractivity contribution is 0.0624. The minimum atomic E-state index is 0.0275. The third-order valence-corrected chi connectivity index (χ3v) is 5.07. The Kier molecular flexibility index (Phi) is 4.92. The van der Waals surface area contributed by atoms with Gasteiger partial charge in [-0.15, -0.1) is 0 Å². The zero-order valence-corrected chi connectivity index (χ0v) is 15.2. The van der Waals surface area contributed by atoms with E-state index in [0.717, 1.165) is 36.6 Å². The zero-order chi connectivity index (χ0) is 17.3. The zero-order valence-electron chi connectivity index (χ0n) is 14.4. The molecule has 1 aliphatic rings. The van der Waals surface area contributed by atoms with Gasteiger partial charge in [-0.1, -0.05) is 11.6 Å². The predicted octanol–water partition coefficient (Wildman–Crippen LogP) is 2.65. The Morgan fingerprint density at radius 3 is 2.46 bits per heavy atom. The van der Waals surface area contributed by atoms with Crippen LogP contribution in [-0.4, -0.2) is 51.4 Å². The van der Waals surface area contributed by atoms with Crippen molar-refractivity contribution < 1.29 is 4.79 Å². The monoisotopic (exact) mass is 346 g/mol. The summed E-state index contributed by atoms with van der Waals surface area (Å²) in [4.78, 5) is 21.4. The molecule has 1 aliphatic heterocycles. The Hall–Kier alpha value is -1.85. The van der Waals surface area contributed by atoms with E-state index in [1.807, 2.05) is 54.9 Å². The first kappa shape index (κ1) is 17.0. The van der Waals surface area contributed by atoms with Gasteiger partial charge in [0.2, 0.25) is 0 Å². The molecule has 1 amide bonds. The van der Waals surface area contributed by atoms with Gasteiger partial charge in [0.15, 0.2) is 0 Å². The number of rotatable bonds is 3. The molecular formula is C18H23ClN4O. The maximum atomic E-state index is 12.8. The van der Waals surface area contributed by atoms with Crippen LogP contribution in [0.1, 0.15) is 27.3 Å². The van der Waals surface area contributed by atoms with Crippen LogP contribution in [0.4, 0.5) is 0 Å². The molecule has 0 saturated carbocycles. The van der Waals surface area contributed by atoms with E-state index >= 15 is 0 Å². The standard InChI is InChI=1S/C18H23ClN4O/c1-13-10-15(16(19)11-14(13)2)18(24)23-8-6-22(7-9-23)12-17-20-4-5-21(17)3/h4-5,10-11H,6-9,12H2,1-3H3. The van der Waals surface area contributed by atoms with Crippen LogP contribution in [0.3, 0.4) is 0 Å². The highest BCUT2D eigenvalue weighted by molar-refractivity contribution is 6.34. The number of carbonyl (C=O) groups is 1. The van der Waals surface area contributed by atoms with Gasteiger partial charge in [0, 0.05) is 45.6 Å². The minimum absolute atomic E-state index is 0.0275. The van der Waals surface area contributed by atoms with E-state index in [0.29, 0.717) is 23.7 Å². The van der Waals surface area contributed by atoms with E-state index in [2.05, 4.69) is 9.88 Å². The van der Waals surface area contributed by atoms with Crippen molar-refractivity contribution in [1.29, 1.82) is 0 Å². The number of benzene rings is 1. The SMILES string of the molecule is Cc1cc(Cl)c(C(=O)N2CCN(Cc3nccn3C)CC2)cc1C. The van der Waals surface area contributed by atoms with Crippen LogP contribution in [0.15, 0.2) is 24.5 Å². The molecule has 1 aromatic heterocycles. The molecule has 0 spiro atoms. The molecule has 1 aromatic carbocycles. The van der Waals surface area contributed by atoms with Gasteiger partial charge in [0.05, 0.1) is 17.1 Å². The molecule has 1 fully saturated rings. The fourth-order valence-corrected chi connectivity index (χ4v) is 3.27. The van der Waals surface area contributed by atoms with Crippen LogP contribution in [0, 0.1) is 13.8 Å². The summed E-state index contributed by atoms with van der Waals surface area (Å²) in [7, 11) is 2.00. The largest absolute Gasteiger partial charge is 0.337 e. The van der Waals surface area contributed by atoms with Gasteiger partial charge >= 0.3 is 0 Å². The second-order valence-electron chi connectivity index (χ2n) is 6.44. The van der Waals surface area contributed by atoms with Crippen molar-refractivity contribution in [2.45, 2.75) is 20.4 Å². The van der Waals surface area contributed by atoms with E-state index < -0.39 is 0 Å². The van der Waals surface area contributed by atoms with E-state index in [9.17, 15) is 4.79 Å². The Bertz CT molecular complexity index is 747. The quantitative estimate of drug-likeness (QED) is 0.858. The number of imidazole rings is 1. The first-order valence-electron chi connectivity index (χ1n) is 8.20. The first-order valence-corrected chi connectivity index (χ1v) is 8.58. The fourth-order valence-electron chi connectivity index (χ4n) is 2.97. The highest BCUT2D eigenvalue weighted by atomic mass is 35.5. The van der Waals surface area contributed by atoms with Crippen LogP contribution in [0.2, 0.25) is 5.02 Å². The molecule has 0 atom stereocenters. The highest BCUT2D eigenvalue weighted by Gasteiger charge is 2.24. The Balaban J connectivity index is 1.63. The van der Waals surface area contributed by atoms with Crippen molar-refractivity contribution in [2.24, 2.45) is 7.05 Å². The number of carbonyl (C=O) groups excluding carboxylic acids is 1. The number of hydrogen-bond donors (Lipinski definition) is 0. The third-order valence-electron chi connectivity index (χ3n) is 4.76. The Morgan fingerprint density at radius 1 is 1.17 bits per heavy atom. The first-order chi connectivity index (χ1) is 11.5. The lowest BCUT2D eigenvalue weighted by Gasteiger charge is -2.34. The molecule has 5 nitrogen and oxygen atoms in total. The topological polar surface area (TPSA) is 41.4 Å². The molecule has 3 rings (SSSR count). The van der Waals surface area contributed by atoms with Crippen LogP contribution >= 0.6 is 11.6 Å². The van der Waals surface area contributed by atoms with Crippen LogP contribution in [0.5, 0.6) is 0 Å². The normalized spacial score (nSPS) is 15.8.